The Kier molecular flexibility index (Phi) is 29.7. The number of hydrogen-bond donors (Lipinski definition) is 2. The molecule has 1 heterocycles. The first-order valence-electron chi connectivity index (χ1n) is 29.3. The molecule has 1 fully saturated rings. The van der Waals surface area contributed by atoms with E-state index in [4.69, 9.17) is 33.2 Å². The highest BCUT2D eigenvalue weighted by molar-refractivity contribution is 5.78. The number of nitrogens with one attached hydrogen (secondary N) is 2. The first-order valence-corrected chi connectivity index (χ1v) is 29.3. The average Bonchev–Trinajstić information content (AvgIpc) is 3.26. The molecule has 20 heteroatoms. The number of ether oxygens (including phenoxy) is 7. The van der Waals surface area contributed by atoms with Crippen molar-refractivity contribution in [2.24, 2.45) is 0 Å². The molecule has 2 amide bonds. The lowest BCUT2D eigenvalue weighted by molar-refractivity contribution is -0.158. The topological polar surface area (TPSA) is 193 Å². The van der Waals surface area contributed by atoms with Gasteiger partial charge in [-0.05, 0) is 135 Å². The van der Waals surface area contributed by atoms with Crippen LogP contribution in [-0.2, 0) is 52.4 Å². The van der Waals surface area contributed by atoms with Crippen LogP contribution in [0.2, 0.25) is 0 Å². The van der Waals surface area contributed by atoms with Crippen LogP contribution in [0.15, 0.2) is 72.8 Å². The quantitative estimate of drug-likeness (QED) is 0.0245. The lowest BCUT2D eigenvalue weighted by atomic mass is 9.85. The van der Waals surface area contributed by atoms with Gasteiger partial charge in [-0.25, -0.2) is 0 Å². The van der Waals surface area contributed by atoms with E-state index in [2.05, 4.69) is 81.1 Å². The van der Waals surface area contributed by atoms with Gasteiger partial charge >= 0.3 is 17.9 Å². The lowest BCUT2D eigenvalue weighted by Crippen LogP contribution is -2.50. The van der Waals surface area contributed by atoms with Crippen molar-refractivity contribution in [2.45, 2.75) is 111 Å². The second-order valence-electron chi connectivity index (χ2n) is 24.5. The van der Waals surface area contributed by atoms with Gasteiger partial charge in [0.25, 0.3) is 0 Å². The smallest absolute Gasteiger partial charge is 0.320 e. The Hall–Kier alpha value is -5.87. The summed E-state index contributed by atoms with van der Waals surface area (Å²) in [4.78, 5) is 77.1. The van der Waals surface area contributed by atoms with E-state index in [-0.39, 0.29) is 75.4 Å². The molecule has 2 N–H and O–H groups in total. The van der Waals surface area contributed by atoms with Crippen LogP contribution in [0.3, 0.4) is 0 Å². The number of rotatable bonds is 30. The number of carbonyl (C=O) groups excluding carboxylic acids is 5. The second kappa shape index (κ2) is 35.4. The molecule has 0 saturated carbocycles. The fourth-order valence-corrected chi connectivity index (χ4v) is 8.99. The van der Waals surface area contributed by atoms with Crippen molar-refractivity contribution in [3.8, 4) is 5.75 Å². The molecule has 464 valence electrons. The Bertz CT molecular complexity index is 2290. The van der Waals surface area contributed by atoms with E-state index in [0.29, 0.717) is 111 Å². The maximum absolute atomic E-state index is 13.3. The normalized spacial score (nSPS) is 14.7. The summed E-state index contributed by atoms with van der Waals surface area (Å²) in [5.74, 6) is -0.477. The van der Waals surface area contributed by atoms with Crippen LogP contribution >= 0.6 is 0 Å². The highest BCUT2D eigenvalue weighted by atomic mass is 16.7. The molecular formula is C63H100N8O12. The predicted molar refractivity (Wildman–Crippen MR) is 325 cm³/mol. The number of hydrogen-bond acceptors (Lipinski definition) is 18. The van der Waals surface area contributed by atoms with E-state index >= 15 is 0 Å². The van der Waals surface area contributed by atoms with Crippen LogP contribution < -0.4 is 25.2 Å². The first kappa shape index (κ1) is 69.6. The molecule has 1 saturated heterocycles. The third-order valence-corrected chi connectivity index (χ3v) is 13.0. The van der Waals surface area contributed by atoms with Crippen molar-refractivity contribution in [3.05, 3.63) is 89.5 Å². The number of amides is 2. The minimum atomic E-state index is -0.658. The zero-order valence-corrected chi connectivity index (χ0v) is 52.4. The standard InChI is InChI=1S/C63H100N8O12/c1-61(2,3)81-57(74)44-69-34-32-68(33-35-70(45-58(75)82-62(4,5)6)37-39-71(38-36-69)46-59(76)83-63(7,8)9)43-56(73)65-31-16-41-78-48-79-47-77-40-15-30-64-55(72)17-14-42-80-54-28-22-51(23-29-54)60(49-18-24-52(25-19-49)66(10)11)50-20-26-53(27-21-50)67(12)13/h18-29,60H,14-17,30-48H2,1-13H3,(H,64,72)(H,65,73). The highest BCUT2D eigenvalue weighted by Gasteiger charge is 2.27. The SMILES string of the molecule is CN(C)c1ccc(C(c2ccc(OCCCC(=O)NCCCOCOCOCCCNC(=O)CN3CCN(CC(=O)OC(C)(C)C)CCN(CC(=O)OC(C)(C)C)CCN(CC(=O)OC(C)(C)C)CC3)cc2)c2ccc(N(C)C)cc2)cc1. The van der Waals surface area contributed by atoms with Gasteiger partial charge < -0.3 is 53.6 Å². The van der Waals surface area contributed by atoms with Gasteiger partial charge in [0.1, 0.15) is 36.1 Å². The number of nitrogens with zero attached hydrogens (tertiary/aromatic N) is 6. The molecule has 0 atom stereocenters. The Morgan fingerprint density at radius 1 is 0.446 bits per heavy atom. The molecule has 1 aliphatic heterocycles. The maximum Gasteiger partial charge on any atom is 0.320 e. The molecule has 3 aromatic carbocycles. The van der Waals surface area contributed by atoms with E-state index < -0.39 is 16.8 Å². The molecule has 3 aromatic rings. The summed E-state index contributed by atoms with van der Waals surface area (Å²) in [6.45, 7) is 22.4. The van der Waals surface area contributed by atoms with E-state index in [1.165, 1.54) is 11.1 Å². The summed E-state index contributed by atoms with van der Waals surface area (Å²) in [5.41, 5.74) is 3.91. The summed E-state index contributed by atoms with van der Waals surface area (Å²) < 4.78 is 39.6. The van der Waals surface area contributed by atoms with E-state index in [0.717, 1.165) is 22.7 Å². The molecule has 0 spiro atoms. The van der Waals surface area contributed by atoms with Gasteiger partial charge in [0, 0.05) is 117 Å². The van der Waals surface area contributed by atoms with Crippen molar-refractivity contribution >= 4 is 41.1 Å². The van der Waals surface area contributed by atoms with Gasteiger partial charge in [-0.3, -0.25) is 43.6 Å². The number of anilines is 2. The molecule has 0 unspecified atom stereocenters. The van der Waals surface area contributed by atoms with Crippen LogP contribution in [-0.4, -0.2) is 219 Å². The molecular weight excluding hydrogens is 1060 g/mol. The van der Waals surface area contributed by atoms with Crippen molar-refractivity contribution in [1.29, 1.82) is 0 Å². The zero-order valence-electron chi connectivity index (χ0n) is 52.4. The maximum atomic E-state index is 13.3. The van der Waals surface area contributed by atoms with Crippen LogP contribution in [0.4, 0.5) is 11.4 Å². The molecule has 83 heavy (non-hydrogen) atoms. The highest BCUT2D eigenvalue weighted by Crippen LogP contribution is 2.35. The Morgan fingerprint density at radius 3 is 1.13 bits per heavy atom. The minimum absolute atomic E-state index is 0.0287. The molecule has 0 aromatic heterocycles. The Morgan fingerprint density at radius 2 is 0.783 bits per heavy atom. The summed E-state index contributed by atoms with van der Waals surface area (Å²) in [6.07, 6.45) is 2.12. The van der Waals surface area contributed by atoms with Crippen molar-refractivity contribution < 1.29 is 57.1 Å². The average molecular weight is 1160 g/mol. The predicted octanol–water partition coefficient (Wildman–Crippen LogP) is 6.38. The van der Waals surface area contributed by atoms with E-state index in [1.54, 1.807) is 0 Å². The molecule has 0 bridgehead atoms. The Balaban J connectivity index is 1.11. The third-order valence-electron chi connectivity index (χ3n) is 13.0. The number of carbonyl (C=O) groups is 5. The molecule has 0 aliphatic carbocycles. The van der Waals surface area contributed by atoms with Crippen LogP contribution in [0.5, 0.6) is 5.75 Å². The largest absolute Gasteiger partial charge is 0.494 e. The fraction of sp³-hybridized carbons (Fsp3) is 0.635. The van der Waals surface area contributed by atoms with E-state index in [9.17, 15) is 24.0 Å². The Labute approximate surface area is 495 Å². The van der Waals surface area contributed by atoms with Gasteiger partial charge in [-0.1, -0.05) is 36.4 Å². The number of benzene rings is 3. The van der Waals surface area contributed by atoms with E-state index in [1.807, 2.05) is 122 Å². The third kappa shape index (κ3) is 30.0. The summed E-state index contributed by atoms with van der Waals surface area (Å²) >= 11 is 0. The molecule has 4 rings (SSSR count). The van der Waals surface area contributed by atoms with Gasteiger partial charge in [0.05, 0.1) is 46.0 Å². The first-order chi connectivity index (χ1) is 39.2. The lowest BCUT2D eigenvalue weighted by Gasteiger charge is -2.34. The van der Waals surface area contributed by atoms with Crippen LogP contribution in [0.1, 0.15) is 111 Å². The van der Waals surface area contributed by atoms with Crippen molar-refractivity contribution in [2.75, 3.05) is 163 Å². The van der Waals surface area contributed by atoms with Gasteiger partial charge in [0.2, 0.25) is 11.8 Å². The van der Waals surface area contributed by atoms with Gasteiger partial charge in [-0.2, -0.15) is 0 Å². The molecule has 1 aliphatic rings. The van der Waals surface area contributed by atoms with Gasteiger partial charge in [-0.15, -0.1) is 0 Å². The fourth-order valence-electron chi connectivity index (χ4n) is 8.99. The van der Waals surface area contributed by atoms with Gasteiger partial charge in [0.15, 0.2) is 0 Å². The molecule has 20 nitrogen and oxygen atoms in total. The number of esters is 3. The summed E-state index contributed by atoms with van der Waals surface area (Å²) in [5, 5.41) is 5.92. The monoisotopic (exact) mass is 1160 g/mol. The molecule has 0 radical (unpaired) electrons. The minimum Gasteiger partial charge on any atom is -0.494 e. The second-order valence-corrected chi connectivity index (χ2v) is 24.5. The zero-order chi connectivity index (χ0) is 61.0. The van der Waals surface area contributed by atoms with Crippen LogP contribution in [0, 0.1) is 0 Å². The van der Waals surface area contributed by atoms with Crippen molar-refractivity contribution in [1.82, 2.24) is 30.2 Å². The summed E-state index contributed by atoms with van der Waals surface area (Å²) in [6, 6.07) is 25.6. The van der Waals surface area contributed by atoms with Crippen LogP contribution in [0.25, 0.3) is 0 Å². The van der Waals surface area contributed by atoms with Crippen molar-refractivity contribution in [3.63, 3.8) is 0 Å². The summed E-state index contributed by atoms with van der Waals surface area (Å²) in [7, 11) is 8.17.